The first-order valence-corrected chi connectivity index (χ1v) is 8.79. The number of hydrazone groups is 1. The smallest absolute Gasteiger partial charge is 0.267 e. The Labute approximate surface area is 161 Å². The zero-order valence-corrected chi connectivity index (χ0v) is 15.6. The quantitative estimate of drug-likeness (QED) is 0.252. The maximum atomic E-state index is 12.0. The van der Waals surface area contributed by atoms with Crippen molar-refractivity contribution in [2.24, 2.45) is 5.10 Å². The first-order chi connectivity index (χ1) is 13.0. The average molecular weight is 382 g/mol. The summed E-state index contributed by atoms with van der Waals surface area (Å²) in [6.45, 7) is 3.82. The molecule has 2 rings (SSSR count). The third-order valence-electron chi connectivity index (χ3n) is 3.24. The van der Waals surface area contributed by atoms with Gasteiger partial charge in [-0.3, -0.25) is 14.9 Å². The molecule has 138 valence electrons. The van der Waals surface area contributed by atoms with Crippen LogP contribution in [0.3, 0.4) is 0 Å². The van der Waals surface area contributed by atoms with Crippen LogP contribution in [0.15, 0.2) is 81.4 Å². The van der Waals surface area contributed by atoms with Crippen molar-refractivity contribution in [2.75, 3.05) is 0 Å². The highest BCUT2D eigenvalue weighted by Gasteiger charge is 2.10. The fourth-order valence-electron chi connectivity index (χ4n) is 1.92. The summed E-state index contributed by atoms with van der Waals surface area (Å²) in [5.74, 6) is -0.514. The van der Waals surface area contributed by atoms with E-state index in [4.69, 9.17) is 0 Å². The molecule has 0 bridgehead atoms. The normalized spacial score (nSPS) is 12.2. The number of hydrogen-bond acceptors (Lipinski definition) is 6. The van der Waals surface area contributed by atoms with Crippen LogP contribution in [0.4, 0.5) is 5.69 Å². The number of amides is 1. The zero-order chi connectivity index (χ0) is 19.6. The van der Waals surface area contributed by atoms with Crippen LogP contribution in [-0.2, 0) is 0 Å². The SMILES string of the molecule is CC(/C=N/NC(=O)c1cccc([N+](=O)[O-])c1)=C\C=C(/C)Sc1ccccn1. The summed E-state index contributed by atoms with van der Waals surface area (Å²) in [6.07, 6.45) is 7.05. The van der Waals surface area contributed by atoms with Crippen LogP contribution < -0.4 is 5.43 Å². The number of non-ortho nitro benzene ring substituents is 1. The van der Waals surface area contributed by atoms with E-state index in [9.17, 15) is 14.9 Å². The second-order valence-electron chi connectivity index (χ2n) is 5.46. The summed E-state index contributed by atoms with van der Waals surface area (Å²) in [6, 6.07) is 11.2. The predicted octanol–water partition coefficient (Wildman–Crippen LogP) is 4.35. The summed E-state index contributed by atoms with van der Waals surface area (Å²) in [5.41, 5.74) is 3.21. The Morgan fingerprint density at radius 3 is 2.74 bits per heavy atom. The number of carbonyl (C=O) groups is 1. The van der Waals surface area contributed by atoms with Crippen LogP contribution in [0, 0.1) is 10.1 Å². The van der Waals surface area contributed by atoms with Gasteiger partial charge in [0.25, 0.3) is 11.6 Å². The molecular formula is C19H18N4O3S. The van der Waals surface area contributed by atoms with Crippen LogP contribution in [0.25, 0.3) is 0 Å². The number of nitro groups is 1. The number of pyridine rings is 1. The molecule has 27 heavy (non-hydrogen) atoms. The number of carbonyl (C=O) groups excluding carboxylic acids is 1. The monoisotopic (exact) mass is 382 g/mol. The highest BCUT2D eigenvalue weighted by atomic mass is 32.2. The van der Waals surface area contributed by atoms with E-state index in [2.05, 4.69) is 15.5 Å². The number of thioether (sulfide) groups is 1. The first kappa shape index (κ1) is 20.1. The Balaban J connectivity index is 1.91. The Morgan fingerprint density at radius 1 is 1.22 bits per heavy atom. The Bertz CT molecular complexity index is 908. The molecular weight excluding hydrogens is 364 g/mol. The Hall–Kier alpha value is -3.26. The third-order valence-corrected chi connectivity index (χ3v) is 4.15. The van der Waals surface area contributed by atoms with Crippen molar-refractivity contribution in [2.45, 2.75) is 18.9 Å². The van der Waals surface area contributed by atoms with Crippen LogP contribution >= 0.6 is 11.8 Å². The summed E-state index contributed by atoms with van der Waals surface area (Å²) >= 11 is 1.55. The van der Waals surface area contributed by atoms with Gasteiger partial charge < -0.3 is 0 Å². The highest BCUT2D eigenvalue weighted by Crippen LogP contribution is 2.23. The molecule has 0 saturated carbocycles. The Kier molecular flexibility index (Phi) is 7.45. The average Bonchev–Trinajstić information content (AvgIpc) is 2.67. The van der Waals surface area contributed by atoms with Gasteiger partial charge >= 0.3 is 0 Å². The lowest BCUT2D eigenvalue weighted by Crippen LogP contribution is -2.17. The number of nitrogens with zero attached hydrogens (tertiary/aromatic N) is 3. The van der Waals surface area contributed by atoms with Gasteiger partial charge in [-0.2, -0.15) is 5.10 Å². The molecule has 0 spiro atoms. The van der Waals surface area contributed by atoms with Gasteiger partial charge in [-0.15, -0.1) is 0 Å². The molecule has 1 N–H and O–H groups in total. The van der Waals surface area contributed by atoms with E-state index in [0.717, 1.165) is 15.5 Å². The van der Waals surface area contributed by atoms with Crippen LogP contribution in [-0.4, -0.2) is 22.0 Å². The lowest BCUT2D eigenvalue weighted by molar-refractivity contribution is -0.384. The largest absolute Gasteiger partial charge is 0.271 e. The minimum absolute atomic E-state index is 0.145. The van der Waals surface area contributed by atoms with Crippen LogP contribution in [0.2, 0.25) is 0 Å². The molecule has 0 unspecified atom stereocenters. The van der Waals surface area contributed by atoms with Gasteiger partial charge in [0.05, 0.1) is 11.1 Å². The van der Waals surface area contributed by atoms with Gasteiger partial charge in [0.2, 0.25) is 0 Å². The topological polar surface area (TPSA) is 97.5 Å². The summed E-state index contributed by atoms with van der Waals surface area (Å²) in [4.78, 5) is 27.5. The summed E-state index contributed by atoms with van der Waals surface area (Å²) in [5, 5.41) is 15.5. The molecule has 1 aromatic heterocycles. The molecule has 7 nitrogen and oxygen atoms in total. The molecule has 0 radical (unpaired) electrons. The van der Waals surface area contributed by atoms with E-state index in [-0.39, 0.29) is 11.3 Å². The van der Waals surface area contributed by atoms with Gasteiger partial charge in [-0.05, 0) is 42.5 Å². The fourth-order valence-corrected chi connectivity index (χ4v) is 2.64. The molecule has 1 amide bonds. The molecule has 1 heterocycles. The second-order valence-corrected chi connectivity index (χ2v) is 6.73. The second kappa shape index (κ2) is 10.0. The molecule has 0 saturated heterocycles. The van der Waals surface area contributed by atoms with Crippen molar-refractivity contribution in [3.63, 3.8) is 0 Å². The number of benzene rings is 1. The number of nitrogens with one attached hydrogen (secondary N) is 1. The summed E-state index contributed by atoms with van der Waals surface area (Å²) in [7, 11) is 0. The van der Waals surface area contributed by atoms with Gasteiger partial charge in [-0.25, -0.2) is 10.4 Å². The van der Waals surface area contributed by atoms with Gasteiger partial charge in [0.15, 0.2) is 0 Å². The molecule has 0 aliphatic heterocycles. The van der Waals surface area contributed by atoms with Crippen molar-refractivity contribution in [1.82, 2.24) is 10.4 Å². The number of aromatic nitrogens is 1. The van der Waals surface area contributed by atoms with Crippen molar-refractivity contribution >= 4 is 29.6 Å². The fraction of sp³-hybridized carbons (Fsp3) is 0.105. The van der Waals surface area contributed by atoms with Gasteiger partial charge in [0, 0.05) is 23.9 Å². The molecule has 8 heteroatoms. The predicted molar refractivity (Wildman–Crippen MR) is 107 cm³/mol. The minimum atomic E-state index is -0.551. The zero-order valence-electron chi connectivity index (χ0n) is 14.8. The van der Waals surface area contributed by atoms with E-state index in [1.807, 2.05) is 44.2 Å². The van der Waals surface area contributed by atoms with Gasteiger partial charge in [-0.1, -0.05) is 36.0 Å². The van der Waals surface area contributed by atoms with Crippen LogP contribution in [0.5, 0.6) is 0 Å². The standard InChI is InChI=1S/C19H18N4O3S/c1-14(9-10-15(2)27-18-8-3-4-11-20-18)13-21-22-19(24)16-6-5-7-17(12-16)23(25)26/h3-13H,1-2H3,(H,22,24)/b14-9+,15-10+,21-13+. The number of allylic oxidation sites excluding steroid dienone is 4. The van der Waals surface area contributed by atoms with E-state index in [1.165, 1.54) is 30.5 Å². The van der Waals surface area contributed by atoms with Crippen molar-refractivity contribution in [3.05, 3.63) is 87.0 Å². The van der Waals surface area contributed by atoms with E-state index in [0.29, 0.717) is 0 Å². The third kappa shape index (κ3) is 6.87. The van der Waals surface area contributed by atoms with Crippen molar-refractivity contribution in [3.8, 4) is 0 Å². The first-order valence-electron chi connectivity index (χ1n) is 7.97. The van der Waals surface area contributed by atoms with E-state index in [1.54, 1.807) is 18.0 Å². The maximum Gasteiger partial charge on any atom is 0.271 e. The van der Waals surface area contributed by atoms with E-state index >= 15 is 0 Å². The molecule has 1 aromatic carbocycles. The highest BCUT2D eigenvalue weighted by molar-refractivity contribution is 8.03. The molecule has 0 aliphatic rings. The Morgan fingerprint density at radius 2 is 2.04 bits per heavy atom. The van der Waals surface area contributed by atoms with Gasteiger partial charge in [0.1, 0.15) is 5.03 Å². The molecule has 2 aromatic rings. The maximum absolute atomic E-state index is 12.0. The number of hydrogen-bond donors (Lipinski definition) is 1. The van der Waals surface area contributed by atoms with E-state index < -0.39 is 10.8 Å². The lowest BCUT2D eigenvalue weighted by Gasteiger charge is -2.00. The minimum Gasteiger partial charge on any atom is -0.267 e. The molecule has 0 atom stereocenters. The molecule has 0 aliphatic carbocycles. The summed E-state index contributed by atoms with van der Waals surface area (Å²) < 4.78 is 0. The lowest BCUT2D eigenvalue weighted by atomic mass is 10.2. The number of rotatable bonds is 7. The molecule has 0 fully saturated rings. The van der Waals surface area contributed by atoms with Crippen LogP contribution in [0.1, 0.15) is 24.2 Å². The van der Waals surface area contributed by atoms with Crippen molar-refractivity contribution in [1.29, 1.82) is 0 Å². The number of nitro benzene ring substituents is 1. The van der Waals surface area contributed by atoms with Crippen molar-refractivity contribution < 1.29 is 9.72 Å².